The van der Waals surface area contributed by atoms with Gasteiger partial charge in [0.1, 0.15) is 0 Å². The second kappa shape index (κ2) is 10.1. The second-order valence-electron chi connectivity index (χ2n) is 9.05. The Bertz CT molecular complexity index is 1020. The van der Waals surface area contributed by atoms with Crippen LogP contribution in [0.1, 0.15) is 67.7 Å². The Morgan fingerprint density at radius 2 is 1.87 bits per heavy atom. The summed E-state index contributed by atoms with van der Waals surface area (Å²) in [7, 11) is 0. The summed E-state index contributed by atoms with van der Waals surface area (Å²) >= 11 is 0. The van der Waals surface area contributed by atoms with Gasteiger partial charge in [0.2, 0.25) is 0 Å². The van der Waals surface area contributed by atoms with Gasteiger partial charge in [-0.3, -0.25) is 4.79 Å². The first-order chi connectivity index (χ1) is 15.1. The van der Waals surface area contributed by atoms with Crippen molar-refractivity contribution in [1.82, 2.24) is 5.32 Å². The number of carboxylic acids is 1. The van der Waals surface area contributed by atoms with Gasteiger partial charge in [0.25, 0.3) is 0 Å². The zero-order valence-electron chi connectivity index (χ0n) is 18.4. The number of hydrogen-bond acceptors (Lipinski definition) is 2. The summed E-state index contributed by atoms with van der Waals surface area (Å²) < 4.78 is 0. The second-order valence-corrected chi connectivity index (χ2v) is 9.05. The number of fused-ring (bicyclic) bond motifs is 1. The summed E-state index contributed by atoms with van der Waals surface area (Å²) in [6, 6.07) is 24.1. The normalized spacial score (nSPS) is 19.5. The van der Waals surface area contributed by atoms with Crippen LogP contribution in [0.3, 0.4) is 0 Å². The highest BCUT2D eigenvalue weighted by Gasteiger charge is 2.25. The molecule has 3 nitrogen and oxygen atoms in total. The van der Waals surface area contributed by atoms with E-state index in [2.05, 4.69) is 79.0 Å². The Morgan fingerprint density at radius 3 is 2.74 bits per heavy atom. The fraction of sp³-hybridized carbons (Fsp3) is 0.393. The molecule has 31 heavy (non-hydrogen) atoms. The summed E-state index contributed by atoms with van der Waals surface area (Å²) in [6.45, 7) is 3.31. The molecule has 1 aliphatic rings. The molecule has 1 saturated carbocycles. The maximum Gasteiger partial charge on any atom is 0.303 e. The van der Waals surface area contributed by atoms with Gasteiger partial charge in [0.15, 0.2) is 0 Å². The number of aryl methyl sites for hydroxylation is 1. The molecule has 0 bridgehead atoms. The highest BCUT2D eigenvalue weighted by Crippen LogP contribution is 2.40. The highest BCUT2D eigenvalue weighted by atomic mass is 16.4. The molecule has 0 saturated heterocycles. The standard InChI is InChI=1S/C28H33NO2/c1-20(26-11-5-8-23-7-2-3-10-27(23)26)29-17-16-22-12-14-25(19-22)24-9-4-6-21(18-24)13-15-28(30)31/h2-11,18,20,22,25,29H,12-17,19H2,1H3,(H,30,31). The molecule has 0 radical (unpaired) electrons. The van der Waals surface area contributed by atoms with Crippen molar-refractivity contribution in [2.45, 2.75) is 57.4 Å². The van der Waals surface area contributed by atoms with E-state index in [0.717, 1.165) is 18.0 Å². The number of aliphatic carboxylic acids is 1. The first-order valence-corrected chi connectivity index (χ1v) is 11.6. The van der Waals surface area contributed by atoms with Crippen LogP contribution in [-0.4, -0.2) is 17.6 Å². The Labute approximate surface area is 185 Å². The monoisotopic (exact) mass is 415 g/mol. The van der Waals surface area contributed by atoms with Crippen molar-refractivity contribution in [2.24, 2.45) is 5.92 Å². The minimum atomic E-state index is -0.725. The van der Waals surface area contributed by atoms with Gasteiger partial charge in [-0.1, -0.05) is 66.7 Å². The van der Waals surface area contributed by atoms with Crippen molar-refractivity contribution in [3.05, 3.63) is 83.4 Å². The minimum absolute atomic E-state index is 0.206. The molecule has 1 aliphatic carbocycles. The first-order valence-electron chi connectivity index (χ1n) is 11.6. The summed E-state index contributed by atoms with van der Waals surface area (Å²) in [6.07, 6.45) is 5.81. The van der Waals surface area contributed by atoms with E-state index in [1.54, 1.807) is 0 Å². The largest absolute Gasteiger partial charge is 0.481 e. The first kappa shape index (κ1) is 21.6. The topological polar surface area (TPSA) is 49.3 Å². The van der Waals surface area contributed by atoms with Gasteiger partial charge < -0.3 is 10.4 Å². The van der Waals surface area contributed by atoms with E-state index in [4.69, 9.17) is 5.11 Å². The van der Waals surface area contributed by atoms with Crippen molar-refractivity contribution in [3.63, 3.8) is 0 Å². The van der Waals surface area contributed by atoms with E-state index in [0.29, 0.717) is 18.4 Å². The van der Waals surface area contributed by atoms with Crippen molar-refractivity contribution in [3.8, 4) is 0 Å². The molecule has 3 heteroatoms. The number of benzene rings is 3. The molecule has 0 amide bonds. The molecule has 3 unspecified atom stereocenters. The lowest BCUT2D eigenvalue weighted by molar-refractivity contribution is -0.136. The maximum absolute atomic E-state index is 10.9. The van der Waals surface area contributed by atoms with Crippen LogP contribution in [0, 0.1) is 5.92 Å². The van der Waals surface area contributed by atoms with Crippen molar-refractivity contribution in [1.29, 1.82) is 0 Å². The van der Waals surface area contributed by atoms with E-state index in [1.165, 1.54) is 47.6 Å². The third-order valence-corrected chi connectivity index (χ3v) is 6.88. The maximum atomic E-state index is 10.9. The fourth-order valence-corrected chi connectivity index (χ4v) is 5.14. The zero-order valence-corrected chi connectivity index (χ0v) is 18.4. The number of carboxylic acid groups (broad SMARTS) is 1. The third-order valence-electron chi connectivity index (χ3n) is 6.88. The zero-order chi connectivity index (χ0) is 21.6. The molecule has 0 heterocycles. The van der Waals surface area contributed by atoms with Gasteiger partial charge in [-0.05, 0) is 84.9 Å². The van der Waals surface area contributed by atoms with E-state index >= 15 is 0 Å². The van der Waals surface area contributed by atoms with Gasteiger partial charge in [0, 0.05) is 12.5 Å². The lowest BCUT2D eigenvalue weighted by atomic mass is 9.93. The SMILES string of the molecule is CC(NCCC1CCC(c2cccc(CCC(=O)O)c2)C1)c1cccc2ccccc12. The highest BCUT2D eigenvalue weighted by molar-refractivity contribution is 5.86. The molecule has 0 aliphatic heterocycles. The van der Waals surface area contributed by atoms with Crippen LogP contribution >= 0.6 is 0 Å². The summed E-state index contributed by atoms with van der Waals surface area (Å²) in [5.41, 5.74) is 3.91. The van der Waals surface area contributed by atoms with Crippen LogP contribution in [-0.2, 0) is 11.2 Å². The van der Waals surface area contributed by atoms with E-state index < -0.39 is 5.97 Å². The van der Waals surface area contributed by atoms with Crippen LogP contribution in [0.15, 0.2) is 66.7 Å². The number of hydrogen-bond donors (Lipinski definition) is 2. The molecule has 3 aromatic rings. The predicted molar refractivity (Wildman–Crippen MR) is 127 cm³/mol. The third kappa shape index (κ3) is 5.54. The number of carbonyl (C=O) groups is 1. The Balaban J connectivity index is 1.28. The Kier molecular flexibility index (Phi) is 7.03. The van der Waals surface area contributed by atoms with Gasteiger partial charge in [0.05, 0.1) is 0 Å². The quantitative estimate of drug-likeness (QED) is 0.420. The average Bonchev–Trinajstić information content (AvgIpc) is 3.26. The molecular formula is C28H33NO2. The molecule has 0 aromatic heterocycles. The molecule has 4 rings (SSSR count). The van der Waals surface area contributed by atoms with E-state index in [9.17, 15) is 4.79 Å². The van der Waals surface area contributed by atoms with E-state index in [-0.39, 0.29) is 6.42 Å². The van der Waals surface area contributed by atoms with E-state index in [1.807, 2.05) is 0 Å². The van der Waals surface area contributed by atoms with Crippen molar-refractivity contribution < 1.29 is 9.90 Å². The molecule has 0 spiro atoms. The number of rotatable bonds is 9. The van der Waals surface area contributed by atoms with Crippen molar-refractivity contribution in [2.75, 3.05) is 6.54 Å². The Hall–Kier alpha value is -2.65. The molecule has 2 N–H and O–H groups in total. The lowest BCUT2D eigenvalue weighted by Gasteiger charge is -2.18. The Morgan fingerprint density at radius 1 is 1.06 bits per heavy atom. The summed E-state index contributed by atoms with van der Waals surface area (Å²) in [5.74, 6) is 0.654. The molecule has 162 valence electrons. The smallest absolute Gasteiger partial charge is 0.303 e. The van der Waals surface area contributed by atoms with Crippen LogP contribution < -0.4 is 5.32 Å². The summed E-state index contributed by atoms with van der Waals surface area (Å²) in [5, 5.41) is 15.3. The van der Waals surface area contributed by atoms with Crippen molar-refractivity contribution >= 4 is 16.7 Å². The van der Waals surface area contributed by atoms with Gasteiger partial charge in [-0.2, -0.15) is 0 Å². The predicted octanol–water partition coefficient (Wildman–Crippen LogP) is 6.48. The summed E-state index contributed by atoms with van der Waals surface area (Å²) in [4.78, 5) is 10.9. The van der Waals surface area contributed by atoms with Crippen LogP contribution in [0.4, 0.5) is 0 Å². The molecular weight excluding hydrogens is 382 g/mol. The fourth-order valence-electron chi connectivity index (χ4n) is 5.14. The molecule has 3 atom stereocenters. The molecule has 3 aromatic carbocycles. The minimum Gasteiger partial charge on any atom is -0.481 e. The van der Waals surface area contributed by atoms with Crippen LogP contribution in [0.2, 0.25) is 0 Å². The van der Waals surface area contributed by atoms with Crippen LogP contribution in [0.5, 0.6) is 0 Å². The molecule has 1 fully saturated rings. The lowest BCUT2D eigenvalue weighted by Crippen LogP contribution is -2.21. The van der Waals surface area contributed by atoms with Crippen LogP contribution in [0.25, 0.3) is 10.8 Å². The van der Waals surface area contributed by atoms with Gasteiger partial charge in [-0.25, -0.2) is 0 Å². The van der Waals surface area contributed by atoms with Gasteiger partial charge >= 0.3 is 5.97 Å². The average molecular weight is 416 g/mol. The number of nitrogens with one attached hydrogen (secondary N) is 1. The van der Waals surface area contributed by atoms with Gasteiger partial charge in [-0.15, -0.1) is 0 Å².